The molecular weight excluding hydrogens is 240 g/mol. The zero-order valence-corrected chi connectivity index (χ0v) is 10.1. The number of hydrogen-bond acceptors (Lipinski definition) is 5. The van der Waals surface area contributed by atoms with Crippen LogP contribution in [0.25, 0.3) is 0 Å². The average Bonchev–Trinajstić information content (AvgIpc) is 2.96. The second-order valence-electron chi connectivity index (χ2n) is 4.50. The van der Waals surface area contributed by atoms with Crippen LogP contribution in [0.4, 0.5) is 4.79 Å². The molecule has 7 nitrogen and oxygen atoms in total. The largest absolute Gasteiger partial charge is 0.511 e. The summed E-state index contributed by atoms with van der Waals surface area (Å²) in [5, 5.41) is 15.1. The summed E-state index contributed by atoms with van der Waals surface area (Å²) >= 11 is 0. The maximum Gasteiger partial charge on any atom is 0.511 e. The fourth-order valence-electron chi connectivity index (χ4n) is 1.47. The normalized spacial score (nSPS) is 14.6. The van der Waals surface area contributed by atoms with Crippen LogP contribution in [-0.2, 0) is 0 Å². The van der Waals surface area contributed by atoms with Crippen molar-refractivity contribution in [2.75, 3.05) is 0 Å². The fraction of sp³-hybridized carbons (Fsp3) is 0.545. The molecule has 98 valence electrons. The van der Waals surface area contributed by atoms with Gasteiger partial charge in [0.15, 0.2) is 0 Å². The summed E-state index contributed by atoms with van der Waals surface area (Å²) in [5.74, 6) is -0.901. The first kappa shape index (κ1) is 12.4. The van der Waals surface area contributed by atoms with Gasteiger partial charge in [-0.1, -0.05) is 19.0 Å². The number of carbonyl (C=O) groups is 2. The Labute approximate surface area is 103 Å². The van der Waals surface area contributed by atoms with Crippen LogP contribution in [0.2, 0.25) is 0 Å². The van der Waals surface area contributed by atoms with E-state index in [1.54, 1.807) is 13.8 Å². The van der Waals surface area contributed by atoms with Crippen molar-refractivity contribution < 1.29 is 24.0 Å². The van der Waals surface area contributed by atoms with E-state index < -0.39 is 12.1 Å². The summed E-state index contributed by atoms with van der Waals surface area (Å²) in [6.45, 7) is 3.60. The minimum atomic E-state index is -1.50. The van der Waals surface area contributed by atoms with Gasteiger partial charge in [-0.2, -0.15) is 0 Å². The number of carbonyl (C=O) groups excluding carboxylic acids is 1. The number of amides is 1. The standard InChI is InChI=1S/C11H14N2O5/c1-5(2)7-8(17-11(15)16)9(18-13-7)10(14)12-6-3-4-6/h5-6H,3-4H2,1-2H3,(H,12,14)(H,15,16). The molecule has 1 aromatic rings. The van der Waals surface area contributed by atoms with E-state index in [0.29, 0.717) is 5.69 Å². The van der Waals surface area contributed by atoms with Crippen molar-refractivity contribution >= 4 is 12.1 Å². The molecule has 1 aromatic heterocycles. The molecule has 1 amide bonds. The summed E-state index contributed by atoms with van der Waals surface area (Å²) < 4.78 is 9.50. The molecule has 0 unspecified atom stereocenters. The maximum atomic E-state index is 11.8. The van der Waals surface area contributed by atoms with Crippen molar-refractivity contribution in [2.24, 2.45) is 0 Å². The van der Waals surface area contributed by atoms with Crippen LogP contribution >= 0.6 is 0 Å². The Hall–Kier alpha value is -2.05. The van der Waals surface area contributed by atoms with Gasteiger partial charge in [0.2, 0.25) is 5.75 Å². The van der Waals surface area contributed by atoms with Gasteiger partial charge in [-0.3, -0.25) is 4.79 Å². The number of nitrogens with zero attached hydrogens (tertiary/aromatic N) is 1. The summed E-state index contributed by atoms with van der Waals surface area (Å²) in [4.78, 5) is 22.4. The number of aromatic nitrogens is 1. The van der Waals surface area contributed by atoms with Crippen LogP contribution in [0.1, 0.15) is 48.9 Å². The highest BCUT2D eigenvalue weighted by atomic mass is 16.7. The molecule has 0 atom stereocenters. The Morgan fingerprint density at radius 1 is 1.50 bits per heavy atom. The first-order valence-electron chi connectivity index (χ1n) is 5.70. The fourth-order valence-corrected chi connectivity index (χ4v) is 1.47. The predicted octanol–water partition coefficient (Wildman–Crippen LogP) is 1.75. The summed E-state index contributed by atoms with van der Waals surface area (Å²) in [7, 11) is 0. The van der Waals surface area contributed by atoms with E-state index >= 15 is 0 Å². The van der Waals surface area contributed by atoms with Crippen molar-refractivity contribution in [1.29, 1.82) is 0 Å². The Balaban J connectivity index is 2.27. The molecule has 7 heteroatoms. The lowest BCUT2D eigenvalue weighted by Gasteiger charge is -2.04. The van der Waals surface area contributed by atoms with E-state index in [-0.39, 0.29) is 23.5 Å². The van der Waals surface area contributed by atoms with E-state index in [1.165, 1.54) is 0 Å². The molecule has 18 heavy (non-hydrogen) atoms. The number of rotatable bonds is 4. The van der Waals surface area contributed by atoms with Gasteiger partial charge in [0.25, 0.3) is 11.7 Å². The molecule has 0 aromatic carbocycles. The van der Waals surface area contributed by atoms with Crippen molar-refractivity contribution in [3.8, 4) is 5.75 Å². The lowest BCUT2D eigenvalue weighted by atomic mass is 10.1. The van der Waals surface area contributed by atoms with Gasteiger partial charge in [-0.25, -0.2) is 4.79 Å². The smallest absolute Gasteiger partial charge is 0.449 e. The number of nitrogens with one attached hydrogen (secondary N) is 1. The van der Waals surface area contributed by atoms with Gasteiger partial charge in [0.05, 0.1) is 0 Å². The molecule has 2 rings (SSSR count). The summed E-state index contributed by atoms with van der Waals surface area (Å²) in [5.41, 5.74) is 0.318. The van der Waals surface area contributed by atoms with Crippen LogP contribution in [-0.4, -0.2) is 28.4 Å². The van der Waals surface area contributed by atoms with Gasteiger partial charge in [-0.05, 0) is 12.8 Å². The Morgan fingerprint density at radius 2 is 2.17 bits per heavy atom. The molecule has 0 radical (unpaired) electrons. The van der Waals surface area contributed by atoms with Gasteiger partial charge >= 0.3 is 6.16 Å². The highest BCUT2D eigenvalue weighted by molar-refractivity contribution is 5.95. The molecule has 2 N–H and O–H groups in total. The van der Waals surface area contributed by atoms with Crippen LogP contribution in [0.3, 0.4) is 0 Å². The quantitative estimate of drug-likeness (QED) is 0.793. The first-order valence-corrected chi connectivity index (χ1v) is 5.70. The highest BCUT2D eigenvalue weighted by Gasteiger charge is 2.31. The van der Waals surface area contributed by atoms with Gasteiger partial charge in [0, 0.05) is 12.0 Å². The minimum absolute atomic E-state index is 0.106. The molecule has 1 aliphatic rings. The Morgan fingerprint density at radius 3 is 2.67 bits per heavy atom. The van der Waals surface area contributed by atoms with E-state index in [4.69, 9.17) is 9.63 Å². The summed E-state index contributed by atoms with van der Waals surface area (Å²) in [6.07, 6.45) is 0.346. The van der Waals surface area contributed by atoms with Crippen molar-refractivity contribution in [3.63, 3.8) is 0 Å². The van der Waals surface area contributed by atoms with Crippen molar-refractivity contribution in [3.05, 3.63) is 11.5 Å². The molecule has 0 aliphatic heterocycles. The van der Waals surface area contributed by atoms with Gasteiger partial charge < -0.3 is 19.7 Å². The lowest BCUT2D eigenvalue weighted by molar-refractivity contribution is 0.0908. The zero-order valence-electron chi connectivity index (χ0n) is 10.1. The van der Waals surface area contributed by atoms with Crippen LogP contribution in [0, 0.1) is 0 Å². The second-order valence-corrected chi connectivity index (χ2v) is 4.50. The molecule has 1 aliphatic carbocycles. The molecule has 1 saturated carbocycles. The molecule has 1 fully saturated rings. The number of carboxylic acid groups (broad SMARTS) is 1. The monoisotopic (exact) mass is 254 g/mol. The molecular formula is C11H14N2O5. The minimum Gasteiger partial charge on any atom is -0.449 e. The van der Waals surface area contributed by atoms with E-state index in [2.05, 4.69) is 15.2 Å². The van der Waals surface area contributed by atoms with Crippen LogP contribution < -0.4 is 10.1 Å². The first-order chi connectivity index (χ1) is 8.49. The van der Waals surface area contributed by atoms with Crippen molar-refractivity contribution in [2.45, 2.75) is 38.6 Å². The molecule has 1 heterocycles. The van der Waals surface area contributed by atoms with E-state index in [1.807, 2.05) is 0 Å². The van der Waals surface area contributed by atoms with Crippen molar-refractivity contribution in [1.82, 2.24) is 10.5 Å². The molecule has 0 spiro atoms. The Bertz CT molecular complexity index is 476. The third-order valence-electron chi connectivity index (χ3n) is 2.53. The number of ether oxygens (including phenoxy) is 1. The third-order valence-corrected chi connectivity index (χ3v) is 2.53. The second kappa shape index (κ2) is 4.67. The Kier molecular flexibility index (Phi) is 3.22. The lowest BCUT2D eigenvalue weighted by Crippen LogP contribution is -2.25. The molecule has 0 bridgehead atoms. The van der Waals surface area contributed by atoms with Crippen LogP contribution in [0.15, 0.2) is 4.52 Å². The zero-order chi connectivity index (χ0) is 13.3. The number of hydrogen-bond donors (Lipinski definition) is 2. The predicted molar refractivity (Wildman–Crippen MR) is 59.7 cm³/mol. The average molecular weight is 254 g/mol. The van der Waals surface area contributed by atoms with Crippen LogP contribution in [0.5, 0.6) is 5.75 Å². The topological polar surface area (TPSA) is 102 Å². The maximum absolute atomic E-state index is 11.8. The highest BCUT2D eigenvalue weighted by Crippen LogP contribution is 2.30. The van der Waals surface area contributed by atoms with Gasteiger partial charge in [-0.15, -0.1) is 0 Å². The van der Waals surface area contributed by atoms with E-state index in [9.17, 15) is 9.59 Å². The SMILES string of the molecule is CC(C)c1noc(C(=O)NC2CC2)c1OC(=O)O. The third kappa shape index (κ3) is 2.61. The van der Waals surface area contributed by atoms with Gasteiger partial charge in [0.1, 0.15) is 5.69 Å². The van der Waals surface area contributed by atoms with E-state index in [0.717, 1.165) is 12.8 Å². The summed E-state index contributed by atoms with van der Waals surface area (Å²) in [6, 6.07) is 0.141. The molecule has 0 saturated heterocycles.